The maximum Gasteiger partial charge on any atom is 0.251 e. The fraction of sp³-hybridized carbons (Fsp3) is 0.250. The molecule has 2 bridgehead atoms. The van der Waals surface area contributed by atoms with Crippen molar-refractivity contribution >= 4 is 5.91 Å². The van der Waals surface area contributed by atoms with Crippen molar-refractivity contribution in [1.82, 2.24) is 5.32 Å². The first kappa shape index (κ1) is 15.8. The number of methoxy groups -OCH3 is 1. The summed E-state index contributed by atoms with van der Waals surface area (Å²) in [5, 5.41) is 2.59. The van der Waals surface area contributed by atoms with Gasteiger partial charge in [0, 0.05) is 29.5 Å². The van der Waals surface area contributed by atoms with Crippen molar-refractivity contribution in [2.75, 3.05) is 7.11 Å². The maximum atomic E-state index is 14.1. The lowest BCUT2D eigenvalue weighted by Crippen LogP contribution is -2.24. The summed E-state index contributed by atoms with van der Waals surface area (Å²) in [7, 11) is 1.31. The zero-order valence-electron chi connectivity index (χ0n) is 13.7. The van der Waals surface area contributed by atoms with E-state index in [9.17, 15) is 13.6 Å². The van der Waals surface area contributed by atoms with Crippen molar-refractivity contribution in [2.24, 2.45) is 0 Å². The molecule has 0 saturated heterocycles. The Kier molecular flexibility index (Phi) is 3.79. The molecule has 2 aliphatic rings. The molecule has 0 aromatic heterocycles. The van der Waals surface area contributed by atoms with E-state index in [1.54, 1.807) is 6.07 Å². The maximum absolute atomic E-state index is 14.1. The molecule has 5 heteroatoms. The molecular weight excluding hydrogens is 324 g/mol. The molecule has 0 fully saturated rings. The Hall–Kier alpha value is -2.69. The van der Waals surface area contributed by atoms with Gasteiger partial charge in [0.05, 0.1) is 7.11 Å². The van der Waals surface area contributed by atoms with Crippen LogP contribution >= 0.6 is 0 Å². The molecule has 0 heterocycles. The number of benzene rings is 2. The van der Waals surface area contributed by atoms with Crippen LogP contribution in [0.1, 0.15) is 45.3 Å². The number of carbonyl (C=O) groups is 1. The van der Waals surface area contributed by atoms with Crippen molar-refractivity contribution in [2.45, 2.75) is 24.8 Å². The van der Waals surface area contributed by atoms with Gasteiger partial charge in [-0.2, -0.15) is 0 Å². The molecule has 0 saturated carbocycles. The van der Waals surface area contributed by atoms with Crippen LogP contribution in [0, 0.1) is 11.6 Å². The van der Waals surface area contributed by atoms with Crippen LogP contribution in [-0.4, -0.2) is 13.0 Å². The number of fused-ring (bicyclic) bond motifs is 5. The highest BCUT2D eigenvalue weighted by molar-refractivity contribution is 5.94. The molecule has 2 aromatic rings. The Bertz CT molecular complexity index is 892. The second-order valence-electron chi connectivity index (χ2n) is 6.40. The van der Waals surface area contributed by atoms with E-state index in [1.807, 2.05) is 12.1 Å². The number of allylic oxidation sites excluding steroid dienone is 2. The van der Waals surface area contributed by atoms with Gasteiger partial charge >= 0.3 is 0 Å². The van der Waals surface area contributed by atoms with Crippen LogP contribution in [0.3, 0.4) is 0 Å². The number of carbonyl (C=O) groups excluding carboxylic acids is 1. The lowest BCUT2D eigenvalue weighted by molar-refractivity contribution is 0.0950. The van der Waals surface area contributed by atoms with E-state index >= 15 is 0 Å². The molecule has 25 heavy (non-hydrogen) atoms. The van der Waals surface area contributed by atoms with Gasteiger partial charge in [-0.1, -0.05) is 18.2 Å². The highest BCUT2D eigenvalue weighted by atomic mass is 19.1. The fourth-order valence-electron chi connectivity index (χ4n) is 3.70. The molecule has 3 nitrogen and oxygen atoms in total. The Morgan fingerprint density at radius 2 is 1.92 bits per heavy atom. The van der Waals surface area contributed by atoms with Crippen molar-refractivity contribution in [1.29, 1.82) is 0 Å². The van der Waals surface area contributed by atoms with Crippen LogP contribution in [0.15, 0.2) is 42.5 Å². The van der Waals surface area contributed by atoms with E-state index in [4.69, 9.17) is 4.74 Å². The van der Waals surface area contributed by atoms with Gasteiger partial charge in [-0.25, -0.2) is 8.78 Å². The molecule has 2 atom stereocenters. The van der Waals surface area contributed by atoms with Crippen molar-refractivity contribution in [3.05, 3.63) is 76.4 Å². The van der Waals surface area contributed by atoms with Crippen molar-refractivity contribution in [3.63, 3.8) is 0 Å². The summed E-state index contributed by atoms with van der Waals surface area (Å²) in [6.45, 7) is -0.239. The molecule has 0 spiro atoms. The third kappa shape index (κ3) is 2.60. The summed E-state index contributed by atoms with van der Waals surface area (Å²) in [5.74, 6) is -1.07. The summed E-state index contributed by atoms with van der Waals surface area (Å²) in [6, 6.07) is 7.98. The van der Waals surface area contributed by atoms with Gasteiger partial charge in [-0.3, -0.25) is 4.79 Å². The number of hydrogen-bond donors (Lipinski definition) is 1. The normalized spacial score (nSPS) is 19.8. The second kappa shape index (κ2) is 5.99. The summed E-state index contributed by atoms with van der Waals surface area (Å²) in [5.41, 5.74) is 2.74. The molecule has 128 valence electrons. The zero-order chi connectivity index (χ0) is 17.6. The largest absolute Gasteiger partial charge is 0.494 e. The quantitative estimate of drug-likeness (QED) is 0.852. The molecule has 2 aliphatic carbocycles. The Labute approximate surface area is 144 Å². The first-order chi connectivity index (χ1) is 12.1. The third-order valence-electron chi connectivity index (χ3n) is 5.03. The number of ether oxygens (including phenoxy) is 1. The topological polar surface area (TPSA) is 38.3 Å². The lowest BCUT2D eigenvalue weighted by atomic mass is 9.95. The molecule has 1 amide bonds. The van der Waals surface area contributed by atoms with Gasteiger partial charge in [0.1, 0.15) is 5.82 Å². The predicted molar refractivity (Wildman–Crippen MR) is 89.8 cm³/mol. The second-order valence-corrected chi connectivity index (χ2v) is 6.40. The van der Waals surface area contributed by atoms with Gasteiger partial charge in [0.2, 0.25) is 0 Å². The Morgan fingerprint density at radius 3 is 2.68 bits per heavy atom. The van der Waals surface area contributed by atoms with Gasteiger partial charge < -0.3 is 10.1 Å². The van der Waals surface area contributed by atoms with Crippen LogP contribution in [0.4, 0.5) is 8.78 Å². The van der Waals surface area contributed by atoms with Crippen LogP contribution in [0.5, 0.6) is 5.75 Å². The average molecular weight is 341 g/mol. The number of hydrogen-bond acceptors (Lipinski definition) is 2. The summed E-state index contributed by atoms with van der Waals surface area (Å²) < 4.78 is 32.8. The summed E-state index contributed by atoms with van der Waals surface area (Å²) in [4.78, 5) is 12.4. The smallest absolute Gasteiger partial charge is 0.251 e. The zero-order valence-corrected chi connectivity index (χ0v) is 13.7. The van der Waals surface area contributed by atoms with E-state index in [-0.39, 0.29) is 23.8 Å². The number of amides is 1. The van der Waals surface area contributed by atoms with Crippen LogP contribution < -0.4 is 10.1 Å². The third-order valence-corrected chi connectivity index (χ3v) is 5.03. The molecule has 1 N–H and O–H groups in total. The standard InChI is InChI=1S/C20H17F2NO2/c1-25-18-7-6-17(21)16(19(18)22)10-23-20(24)13-4-5-14-11-2-3-12(8-11)15(14)9-13/h2-7,9,11-12H,8,10H2,1H3,(H,23,24). The summed E-state index contributed by atoms with van der Waals surface area (Å²) >= 11 is 0. The van der Waals surface area contributed by atoms with Crippen LogP contribution in [-0.2, 0) is 6.54 Å². The monoisotopic (exact) mass is 341 g/mol. The van der Waals surface area contributed by atoms with Crippen molar-refractivity contribution < 1.29 is 18.3 Å². The molecule has 0 radical (unpaired) electrons. The Balaban J connectivity index is 1.52. The molecular formula is C20H17F2NO2. The first-order valence-electron chi connectivity index (χ1n) is 8.19. The minimum atomic E-state index is -0.792. The van der Waals surface area contributed by atoms with E-state index in [0.717, 1.165) is 12.5 Å². The average Bonchev–Trinajstić information content (AvgIpc) is 3.23. The van der Waals surface area contributed by atoms with Crippen molar-refractivity contribution in [3.8, 4) is 5.75 Å². The van der Waals surface area contributed by atoms with E-state index in [1.165, 1.54) is 24.3 Å². The minimum absolute atomic E-state index is 0.0500. The lowest BCUT2D eigenvalue weighted by Gasteiger charge is -2.13. The number of halogens is 2. The van der Waals surface area contributed by atoms with E-state index < -0.39 is 11.6 Å². The Morgan fingerprint density at radius 1 is 1.16 bits per heavy atom. The highest BCUT2D eigenvalue weighted by Gasteiger charge is 2.32. The minimum Gasteiger partial charge on any atom is -0.494 e. The SMILES string of the molecule is COc1ccc(F)c(CNC(=O)c2ccc3c(c2)C2C=CC3C2)c1F. The highest BCUT2D eigenvalue weighted by Crippen LogP contribution is 2.48. The van der Waals surface area contributed by atoms with Gasteiger partial charge in [0.25, 0.3) is 5.91 Å². The number of nitrogens with one attached hydrogen (secondary N) is 1. The number of rotatable bonds is 4. The van der Waals surface area contributed by atoms with E-state index in [2.05, 4.69) is 17.5 Å². The fourth-order valence-corrected chi connectivity index (χ4v) is 3.70. The van der Waals surface area contributed by atoms with Crippen LogP contribution in [0.25, 0.3) is 0 Å². The molecule has 4 rings (SSSR count). The van der Waals surface area contributed by atoms with Gasteiger partial charge in [-0.15, -0.1) is 0 Å². The molecule has 2 aromatic carbocycles. The van der Waals surface area contributed by atoms with Gasteiger partial charge in [0.15, 0.2) is 11.6 Å². The summed E-state index contributed by atoms with van der Waals surface area (Å²) in [6.07, 6.45) is 5.46. The molecule has 0 aliphatic heterocycles. The molecule has 2 unspecified atom stereocenters. The van der Waals surface area contributed by atoms with Gasteiger partial charge in [-0.05, 0) is 41.8 Å². The van der Waals surface area contributed by atoms with E-state index in [0.29, 0.717) is 17.4 Å². The first-order valence-corrected chi connectivity index (χ1v) is 8.19. The predicted octanol–water partition coefficient (Wildman–Crippen LogP) is 4.04. The van der Waals surface area contributed by atoms with Crippen LogP contribution in [0.2, 0.25) is 0 Å².